The summed E-state index contributed by atoms with van der Waals surface area (Å²) in [5.41, 5.74) is 9.36. The number of hydrogen-bond acceptors (Lipinski definition) is 6. The number of benzene rings is 2. The SMILES string of the molecule is Cc1cnc(CNCCCc2ccc(CCCN3CC[C@@H](C(C(N)=O)(c4ccccc4)c4ccccc4)C3)s2)cn1. The maximum atomic E-state index is 13.3. The van der Waals surface area contributed by atoms with Crippen LogP contribution >= 0.6 is 11.3 Å². The molecule has 1 atom stereocenters. The lowest BCUT2D eigenvalue weighted by atomic mass is 9.64. The van der Waals surface area contributed by atoms with Crippen molar-refractivity contribution in [3.05, 3.63) is 117 Å². The molecule has 1 aliphatic heterocycles. The van der Waals surface area contributed by atoms with Gasteiger partial charge in [-0.25, -0.2) is 0 Å². The lowest BCUT2D eigenvalue weighted by Crippen LogP contribution is -2.49. The van der Waals surface area contributed by atoms with Gasteiger partial charge in [-0.1, -0.05) is 60.7 Å². The van der Waals surface area contributed by atoms with Crippen molar-refractivity contribution in [3.8, 4) is 0 Å². The minimum Gasteiger partial charge on any atom is -0.369 e. The molecule has 0 spiro atoms. The third kappa shape index (κ3) is 7.10. The number of nitrogens with two attached hydrogens (primary N) is 1. The third-order valence-corrected chi connectivity index (χ3v) is 9.47. The van der Waals surface area contributed by atoms with Gasteiger partial charge < -0.3 is 16.0 Å². The van der Waals surface area contributed by atoms with Gasteiger partial charge >= 0.3 is 0 Å². The molecule has 5 rings (SSSR count). The summed E-state index contributed by atoms with van der Waals surface area (Å²) in [6, 6.07) is 24.9. The van der Waals surface area contributed by atoms with Crippen molar-refractivity contribution in [1.82, 2.24) is 20.2 Å². The van der Waals surface area contributed by atoms with E-state index in [4.69, 9.17) is 5.73 Å². The maximum absolute atomic E-state index is 13.3. The van der Waals surface area contributed by atoms with Gasteiger partial charge in [-0.3, -0.25) is 14.8 Å². The van der Waals surface area contributed by atoms with E-state index in [1.807, 2.05) is 67.1 Å². The van der Waals surface area contributed by atoms with E-state index >= 15 is 0 Å². The molecule has 1 amide bonds. The highest BCUT2D eigenvalue weighted by Gasteiger charge is 2.49. The Balaban J connectivity index is 1.10. The Hall–Kier alpha value is -3.39. The summed E-state index contributed by atoms with van der Waals surface area (Å²) in [7, 11) is 0. The molecule has 0 saturated carbocycles. The number of carbonyl (C=O) groups excluding carboxylic acids is 1. The van der Waals surface area contributed by atoms with Gasteiger partial charge in [-0.2, -0.15) is 0 Å². The summed E-state index contributed by atoms with van der Waals surface area (Å²) in [6.45, 7) is 6.60. The van der Waals surface area contributed by atoms with Crippen LogP contribution in [0.2, 0.25) is 0 Å². The summed E-state index contributed by atoms with van der Waals surface area (Å²) in [4.78, 5) is 27.4. The number of likely N-dealkylation sites (tertiary alicyclic amines) is 1. The fourth-order valence-corrected chi connectivity index (χ4v) is 7.30. The topological polar surface area (TPSA) is 84.1 Å². The number of carbonyl (C=O) groups is 1. The number of aromatic nitrogens is 2. The van der Waals surface area contributed by atoms with Crippen LogP contribution in [0.3, 0.4) is 0 Å². The molecule has 1 aliphatic rings. The van der Waals surface area contributed by atoms with Crippen molar-refractivity contribution in [2.45, 2.75) is 51.0 Å². The van der Waals surface area contributed by atoms with Crippen LogP contribution in [0, 0.1) is 12.8 Å². The standard InChI is InChI=1S/C34H41N5OS/c1-26-22-38-30(24-37-26)23-36-19-8-14-31-16-17-32(41-31)15-9-20-39-21-18-29(25-39)34(33(35)40,27-10-4-2-5-11-27)28-12-6-3-7-13-28/h2-7,10-13,16-17,22,24,29,36H,8-9,14-15,18-21,23,25H2,1H3,(H2,35,40)/t29-/m1/s1. The second-order valence-corrected chi connectivity index (χ2v) is 12.3. The molecule has 2 aromatic heterocycles. The van der Waals surface area contributed by atoms with Gasteiger partial charge in [0.1, 0.15) is 5.41 Å². The Labute approximate surface area is 248 Å². The Morgan fingerprint density at radius 1 is 0.951 bits per heavy atom. The average Bonchev–Trinajstić information content (AvgIpc) is 3.65. The average molecular weight is 568 g/mol. The normalized spacial score (nSPS) is 15.8. The molecule has 1 saturated heterocycles. The molecule has 0 radical (unpaired) electrons. The number of thiophene rings is 1. The molecule has 214 valence electrons. The van der Waals surface area contributed by atoms with E-state index in [-0.39, 0.29) is 11.8 Å². The fraction of sp³-hybridized carbons (Fsp3) is 0.382. The van der Waals surface area contributed by atoms with Crippen molar-refractivity contribution in [1.29, 1.82) is 0 Å². The molecule has 1 fully saturated rings. The Bertz CT molecular complexity index is 1330. The van der Waals surface area contributed by atoms with Crippen LogP contribution < -0.4 is 11.1 Å². The molecule has 0 bridgehead atoms. The van der Waals surface area contributed by atoms with E-state index in [0.29, 0.717) is 0 Å². The molecule has 4 aromatic rings. The second kappa shape index (κ2) is 14.0. The van der Waals surface area contributed by atoms with Gasteiger partial charge in [-0.05, 0) is 87.8 Å². The highest BCUT2D eigenvalue weighted by atomic mass is 32.1. The fourth-order valence-electron chi connectivity index (χ4n) is 6.20. The Morgan fingerprint density at radius 2 is 1.61 bits per heavy atom. The van der Waals surface area contributed by atoms with Crippen molar-refractivity contribution in [2.75, 3.05) is 26.2 Å². The maximum Gasteiger partial charge on any atom is 0.232 e. The van der Waals surface area contributed by atoms with Gasteiger partial charge in [0.25, 0.3) is 0 Å². The molecule has 6 nitrogen and oxygen atoms in total. The van der Waals surface area contributed by atoms with Gasteiger partial charge in [0.2, 0.25) is 5.91 Å². The number of nitrogens with zero attached hydrogens (tertiary/aromatic N) is 3. The van der Waals surface area contributed by atoms with Crippen LogP contribution in [0.1, 0.15) is 51.5 Å². The highest BCUT2D eigenvalue weighted by Crippen LogP contribution is 2.43. The molecule has 2 aromatic carbocycles. The molecule has 3 heterocycles. The van der Waals surface area contributed by atoms with E-state index in [2.05, 4.69) is 56.6 Å². The quantitative estimate of drug-likeness (QED) is 0.202. The van der Waals surface area contributed by atoms with Crippen LogP contribution in [0.4, 0.5) is 0 Å². The molecule has 7 heteroatoms. The smallest absolute Gasteiger partial charge is 0.232 e. The minimum absolute atomic E-state index is 0.143. The van der Waals surface area contributed by atoms with Crippen LogP contribution in [0.25, 0.3) is 0 Å². The van der Waals surface area contributed by atoms with Crippen molar-refractivity contribution in [3.63, 3.8) is 0 Å². The summed E-state index contributed by atoms with van der Waals surface area (Å²) < 4.78 is 0. The predicted octanol–water partition coefficient (Wildman–Crippen LogP) is 5.30. The summed E-state index contributed by atoms with van der Waals surface area (Å²) in [6.07, 6.45) is 9.03. The zero-order chi connectivity index (χ0) is 28.5. The first-order valence-corrected chi connectivity index (χ1v) is 15.6. The minimum atomic E-state index is -0.817. The van der Waals surface area contributed by atoms with E-state index in [9.17, 15) is 4.79 Å². The largest absolute Gasteiger partial charge is 0.369 e. The van der Waals surface area contributed by atoms with Gasteiger partial charge in [-0.15, -0.1) is 11.3 Å². The first kappa shape index (κ1) is 29.1. The predicted molar refractivity (Wildman–Crippen MR) is 167 cm³/mol. The second-order valence-electron chi connectivity index (χ2n) is 11.1. The van der Waals surface area contributed by atoms with Crippen molar-refractivity contribution >= 4 is 17.2 Å². The van der Waals surface area contributed by atoms with Gasteiger partial charge in [0.15, 0.2) is 0 Å². The Kier molecular flexibility index (Phi) is 9.93. The lowest BCUT2D eigenvalue weighted by Gasteiger charge is -2.37. The number of amides is 1. The number of aryl methyl sites for hydroxylation is 3. The summed E-state index contributed by atoms with van der Waals surface area (Å²) in [5.74, 6) is -0.114. The third-order valence-electron chi connectivity index (χ3n) is 8.26. The van der Waals surface area contributed by atoms with Crippen molar-refractivity contribution in [2.24, 2.45) is 11.7 Å². The zero-order valence-corrected chi connectivity index (χ0v) is 24.8. The molecule has 0 aliphatic carbocycles. The number of nitrogens with one attached hydrogen (secondary N) is 1. The van der Waals surface area contributed by atoms with Crippen LogP contribution in [0.15, 0.2) is 85.2 Å². The summed E-state index contributed by atoms with van der Waals surface area (Å²) in [5, 5.41) is 3.47. The number of primary amides is 1. The van der Waals surface area contributed by atoms with Crippen LogP contribution in [-0.4, -0.2) is 47.0 Å². The van der Waals surface area contributed by atoms with E-state index < -0.39 is 5.41 Å². The van der Waals surface area contributed by atoms with Crippen molar-refractivity contribution < 1.29 is 4.79 Å². The monoisotopic (exact) mass is 567 g/mol. The molecular formula is C34H41N5OS. The van der Waals surface area contributed by atoms with Gasteiger partial charge in [0.05, 0.1) is 11.4 Å². The van der Waals surface area contributed by atoms with Gasteiger partial charge in [0, 0.05) is 35.2 Å². The molecule has 0 unspecified atom stereocenters. The van der Waals surface area contributed by atoms with E-state index in [1.165, 1.54) is 9.75 Å². The molecule has 3 N–H and O–H groups in total. The first-order chi connectivity index (χ1) is 20.1. The van der Waals surface area contributed by atoms with E-state index in [0.717, 1.165) is 87.3 Å². The number of rotatable bonds is 14. The van der Waals surface area contributed by atoms with Crippen LogP contribution in [-0.2, 0) is 29.6 Å². The molecule has 41 heavy (non-hydrogen) atoms. The highest BCUT2D eigenvalue weighted by molar-refractivity contribution is 7.11. The zero-order valence-electron chi connectivity index (χ0n) is 24.0. The number of hydrogen-bond donors (Lipinski definition) is 2. The van der Waals surface area contributed by atoms with Crippen LogP contribution in [0.5, 0.6) is 0 Å². The lowest BCUT2D eigenvalue weighted by molar-refractivity contribution is -0.123. The first-order valence-electron chi connectivity index (χ1n) is 14.7. The summed E-state index contributed by atoms with van der Waals surface area (Å²) >= 11 is 1.94. The molecular weight excluding hydrogens is 526 g/mol. The Morgan fingerprint density at radius 3 is 2.22 bits per heavy atom. The van der Waals surface area contributed by atoms with E-state index in [1.54, 1.807) is 0 Å².